The Balaban J connectivity index is 2.26. The van der Waals surface area contributed by atoms with E-state index in [1.54, 1.807) is 6.07 Å². The molecule has 1 aliphatic rings. The molecule has 1 aliphatic heterocycles. The van der Waals surface area contributed by atoms with Crippen LogP contribution in [0, 0.1) is 23.0 Å². The molecule has 1 fully saturated rings. The van der Waals surface area contributed by atoms with E-state index < -0.39 is 11.6 Å². The van der Waals surface area contributed by atoms with Crippen molar-refractivity contribution in [2.75, 3.05) is 18.1 Å². The van der Waals surface area contributed by atoms with E-state index in [0.29, 0.717) is 13.0 Å². The van der Waals surface area contributed by atoms with Crippen molar-refractivity contribution in [3.8, 4) is 6.07 Å². The smallest absolute Gasteiger partial charge is 0.183 e. The highest BCUT2D eigenvalue weighted by Gasteiger charge is 2.27. The summed E-state index contributed by atoms with van der Waals surface area (Å²) in [4.78, 5) is 1.84. The maximum absolute atomic E-state index is 14.0. The molecule has 0 radical (unpaired) electrons. The van der Waals surface area contributed by atoms with E-state index in [9.17, 15) is 8.78 Å². The third-order valence-corrected chi connectivity index (χ3v) is 3.56. The van der Waals surface area contributed by atoms with Crippen LogP contribution < -0.4 is 4.90 Å². The summed E-state index contributed by atoms with van der Waals surface area (Å²) >= 11 is 0. The summed E-state index contributed by atoms with van der Waals surface area (Å²) in [6, 6.07) is 4.55. The van der Waals surface area contributed by atoms with Gasteiger partial charge in [-0.2, -0.15) is 5.26 Å². The molecule has 102 valence electrons. The van der Waals surface area contributed by atoms with Crippen molar-refractivity contribution in [3.05, 3.63) is 29.3 Å². The molecule has 0 aromatic heterocycles. The number of aliphatic hydroxyl groups excluding tert-OH is 1. The normalized spacial score (nSPS) is 18.6. The number of nitriles is 1. The van der Waals surface area contributed by atoms with Gasteiger partial charge in [-0.25, -0.2) is 8.78 Å². The van der Waals surface area contributed by atoms with Crippen molar-refractivity contribution in [1.29, 1.82) is 5.26 Å². The first kappa shape index (κ1) is 13.8. The maximum Gasteiger partial charge on any atom is 0.183 e. The highest BCUT2D eigenvalue weighted by Crippen LogP contribution is 2.31. The van der Waals surface area contributed by atoms with E-state index in [-0.39, 0.29) is 23.9 Å². The zero-order valence-corrected chi connectivity index (χ0v) is 10.6. The number of rotatable bonds is 4. The van der Waals surface area contributed by atoms with E-state index in [0.717, 1.165) is 19.3 Å². The monoisotopic (exact) mass is 266 g/mol. The zero-order chi connectivity index (χ0) is 13.8. The molecule has 1 aromatic rings. The van der Waals surface area contributed by atoms with Gasteiger partial charge in [0.25, 0.3) is 0 Å². The van der Waals surface area contributed by atoms with Gasteiger partial charge in [0.1, 0.15) is 6.07 Å². The van der Waals surface area contributed by atoms with Gasteiger partial charge < -0.3 is 10.0 Å². The zero-order valence-electron chi connectivity index (χ0n) is 10.6. The summed E-state index contributed by atoms with van der Waals surface area (Å²) in [5, 5.41) is 17.5. The molecule has 1 atom stereocenters. The van der Waals surface area contributed by atoms with Crippen molar-refractivity contribution in [2.45, 2.75) is 31.7 Å². The summed E-state index contributed by atoms with van der Waals surface area (Å²) in [5.41, 5.74) is -0.0516. The van der Waals surface area contributed by atoms with Crippen molar-refractivity contribution in [1.82, 2.24) is 0 Å². The highest BCUT2D eigenvalue weighted by atomic mass is 19.2. The lowest BCUT2D eigenvalue weighted by molar-refractivity contribution is 0.279. The number of hydrogen-bond donors (Lipinski definition) is 1. The molecule has 0 saturated carbocycles. The van der Waals surface area contributed by atoms with Crippen LogP contribution in [0.15, 0.2) is 12.1 Å². The molecule has 5 heteroatoms. The van der Waals surface area contributed by atoms with Crippen LogP contribution in [-0.2, 0) is 0 Å². The largest absolute Gasteiger partial charge is 0.396 e. The fourth-order valence-corrected chi connectivity index (χ4v) is 2.63. The van der Waals surface area contributed by atoms with Crippen LogP contribution in [-0.4, -0.2) is 24.3 Å². The summed E-state index contributed by atoms with van der Waals surface area (Å²) in [6.45, 7) is 0.785. The number of halogens is 2. The Hall–Kier alpha value is -1.67. The summed E-state index contributed by atoms with van der Waals surface area (Å²) < 4.78 is 27.6. The molecule has 0 spiro atoms. The first-order chi connectivity index (χ1) is 9.19. The van der Waals surface area contributed by atoms with Crippen LogP contribution in [0.4, 0.5) is 14.5 Å². The van der Waals surface area contributed by atoms with Gasteiger partial charge in [0.2, 0.25) is 0 Å². The molecule has 0 bridgehead atoms. The Morgan fingerprint density at radius 3 is 2.84 bits per heavy atom. The first-order valence-electron chi connectivity index (χ1n) is 6.44. The van der Waals surface area contributed by atoms with Crippen LogP contribution in [0.5, 0.6) is 0 Å². The second-order valence-corrected chi connectivity index (χ2v) is 4.73. The van der Waals surface area contributed by atoms with Gasteiger partial charge in [-0.3, -0.25) is 0 Å². The Labute approximate surface area is 111 Å². The average Bonchev–Trinajstić information content (AvgIpc) is 2.87. The predicted molar refractivity (Wildman–Crippen MR) is 67.8 cm³/mol. The van der Waals surface area contributed by atoms with Gasteiger partial charge in [0.15, 0.2) is 11.6 Å². The van der Waals surface area contributed by atoms with Crippen LogP contribution in [0.25, 0.3) is 0 Å². The van der Waals surface area contributed by atoms with Gasteiger partial charge in [-0.05, 0) is 37.8 Å². The second kappa shape index (κ2) is 5.98. The van der Waals surface area contributed by atoms with Crippen LogP contribution in [0.2, 0.25) is 0 Å². The van der Waals surface area contributed by atoms with Crippen molar-refractivity contribution >= 4 is 5.69 Å². The molecule has 2 rings (SSSR count). The molecule has 3 nitrogen and oxygen atoms in total. The van der Waals surface area contributed by atoms with Gasteiger partial charge in [0, 0.05) is 19.2 Å². The Morgan fingerprint density at radius 1 is 1.37 bits per heavy atom. The molecule has 1 heterocycles. The van der Waals surface area contributed by atoms with Crippen molar-refractivity contribution in [3.63, 3.8) is 0 Å². The molecule has 19 heavy (non-hydrogen) atoms. The van der Waals surface area contributed by atoms with Gasteiger partial charge >= 0.3 is 0 Å². The van der Waals surface area contributed by atoms with Crippen molar-refractivity contribution < 1.29 is 13.9 Å². The molecule has 1 aromatic carbocycles. The molecule has 1 N–H and O–H groups in total. The van der Waals surface area contributed by atoms with Crippen LogP contribution >= 0.6 is 0 Å². The lowest BCUT2D eigenvalue weighted by atomic mass is 10.1. The Morgan fingerprint density at radius 2 is 2.16 bits per heavy atom. The minimum Gasteiger partial charge on any atom is -0.396 e. The third kappa shape index (κ3) is 2.69. The number of benzene rings is 1. The second-order valence-electron chi connectivity index (χ2n) is 4.73. The average molecular weight is 266 g/mol. The standard InChI is InChI=1S/C14H16F2N2O/c15-13-10(9-17)5-6-12(14(13)16)18-7-1-3-11(18)4-2-8-19/h5-6,11,19H,1-4,7-8H2. The molecule has 0 aliphatic carbocycles. The minimum atomic E-state index is -1.08. The van der Waals surface area contributed by atoms with E-state index in [1.165, 1.54) is 12.1 Å². The van der Waals surface area contributed by atoms with E-state index in [2.05, 4.69) is 0 Å². The van der Waals surface area contributed by atoms with Gasteiger partial charge in [-0.1, -0.05) is 0 Å². The predicted octanol–water partition coefficient (Wildman–Crippen LogP) is 2.58. The minimum absolute atomic E-state index is 0.106. The van der Waals surface area contributed by atoms with Crippen molar-refractivity contribution in [2.24, 2.45) is 0 Å². The van der Waals surface area contributed by atoms with Gasteiger partial charge in [-0.15, -0.1) is 0 Å². The highest BCUT2D eigenvalue weighted by molar-refractivity contribution is 5.53. The van der Waals surface area contributed by atoms with E-state index >= 15 is 0 Å². The number of nitrogens with zero attached hydrogens (tertiary/aromatic N) is 2. The number of hydrogen-bond acceptors (Lipinski definition) is 3. The maximum atomic E-state index is 14.0. The molecular formula is C14H16F2N2O. The summed E-state index contributed by atoms with van der Waals surface area (Å²) in [6.07, 6.45) is 3.26. The molecule has 1 saturated heterocycles. The lowest BCUT2D eigenvalue weighted by Gasteiger charge is -2.27. The number of aliphatic hydroxyl groups is 1. The summed E-state index contributed by atoms with van der Waals surface area (Å²) in [7, 11) is 0. The lowest BCUT2D eigenvalue weighted by Crippen LogP contribution is -2.30. The fraction of sp³-hybridized carbons (Fsp3) is 0.500. The molecule has 0 amide bonds. The molecular weight excluding hydrogens is 250 g/mol. The quantitative estimate of drug-likeness (QED) is 0.911. The SMILES string of the molecule is N#Cc1ccc(N2CCCC2CCCO)c(F)c1F. The Bertz CT molecular complexity index is 499. The molecule has 1 unspecified atom stereocenters. The Kier molecular flexibility index (Phi) is 4.33. The van der Waals surface area contributed by atoms with Crippen LogP contribution in [0.1, 0.15) is 31.2 Å². The van der Waals surface area contributed by atoms with E-state index in [1.807, 2.05) is 4.90 Å². The fourth-order valence-electron chi connectivity index (χ4n) is 2.63. The topological polar surface area (TPSA) is 47.3 Å². The number of anilines is 1. The van der Waals surface area contributed by atoms with Gasteiger partial charge in [0.05, 0.1) is 11.3 Å². The first-order valence-corrected chi connectivity index (χ1v) is 6.44. The van der Waals surface area contributed by atoms with E-state index in [4.69, 9.17) is 10.4 Å². The summed E-state index contributed by atoms with van der Waals surface area (Å²) in [5.74, 6) is -2.03. The van der Waals surface area contributed by atoms with Crippen LogP contribution in [0.3, 0.4) is 0 Å². The third-order valence-electron chi connectivity index (χ3n) is 3.56.